The number of carbonyl (C=O) groups is 2. The number of methoxy groups -OCH3 is 1. The van der Waals surface area contributed by atoms with Gasteiger partial charge in [-0.1, -0.05) is 19.6 Å². The lowest BCUT2D eigenvalue weighted by Crippen LogP contribution is -2.41. The van der Waals surface area contributed by atoms with Crippen molar-refractivity contribution in [1.29, 1.82) is 0 Å². The SMILES string of the molecule is COC(=O)c1cc(NC2CCN(C(C)=O)CC2)nc(C#C[Si](C)(C)C)n1. The van der Waals surface area contributed by atoms with E-state index in [0.29, 0.717) is 24.7 Å². The molecule has 1 aliphatic rings. The summed E-state index contributed by atoms with van der Waals surface area (Å²) in [5, 5.41) is 3.34. The fourth-order valence-corrected chi connectivity index (χ4v) is 3.06. The number of hydrogen-bond donors (Lipinski definition) is 1. The van der Waals surface area contributed by atoms with Crippen LogP contribution in [-0.4, -0.2) is 61.1 Å². The largest absolute Gasteiger partial charge is 0.464 e. The molecule has 0 aliphatic carbocycles. The van der Waals surface area contributed by atoms with Gasteiger partial charge in [0, 0.05) is 32.1 Å². The molecule has 0 aromatic carbocycles. The third kappa shape index (κ3) is 5.84. The first-order chi connectivity index (χ1) is 12.2. The van der Waals surface area contributed by atoms with Crippen molar-refractivity contribution in [3.63, 3.8) is 0 Å². The number of piperidine rings is 1. The number of nitrogens with zero attached hydrogens (tertiary/aromatic N) is 3. The van der Waals surface area contributed by atoms with Gasteiger partial charge in [-0.15, -0.1) is 5.54 Å². The average molecular weight is 375 g/mol. The molecule has 140 valence electrons. The Morgan fingerprint density at radius 3 is 2.46 bits per heavy atom. The zero-order chi connectivity index (χ0) is 19.3. The van der Waals surface area contributed by atoms with Gasteiger partial charge in [0.05, 0.1) is 7.11 Å². The summed E-state index contributed by atoms with van der Waals surface area (Å²) in [6, 6.07) is 1.77. The Kier molecular flexibility index (Phi) is 6.37. The molecule has 26 heavy (non-hydrogen) atoms. The lowest BCUT2D eigenvalue weighted by atomic mass is 10.1. The smallest absolute Gasteiger partial charge is 0.356 e. The highest BCUT2D eigenvalue weighted by molar-refractivity contribution is 6.83. The molecule has 0 bridgehead atoms. The minimum absolute atomic E-state index is 0.0994. The van der Waals surface area contributed by atoms with Crippen LogP contribution in [0.2, 0.25) is 19.6 Å². The number of nitrogens with one attached hydrogen (secondary N) is 1. The van der Waals surface area contributed by atoms with Crippen LogP contribution in [0.5, 0.6) is 0 Å². The average Bonchev–Trinajstić information content (AvgIpc) is 2.59. The molecule has 7 nitrogen and oxygen atoms in total. The van der Waals surface area contributed by atoms with E-state index in [0.717, 1.165) is 12.8 Å². The van der Waals surface area contributed by atoms with Crippen LogP contribution in [0.1, 0.15) is 36.1 Å². The minimum Gasteiger partial charge on any atom is -0.464 e. The molecule has 0 unspecified atom stereocenters. The highest BCUT2D eigenvalue weighted by atomic mass is 28.3. The first-order valence-corrected chi connectivity index (χ1v) is 12.2. The quantitative estimate of drug-likeness (QED) is 0.494. The van der Waals surface area contributed by atoms with Gasteiger partial charge in [0.15, 0.2) is 5.69 Å². The molecule has 1 aromatic rings. The number of rotatable bonds is 3. The van der Waals surface area contributed by atoms with Crippen LogP contribution in [-0.2, 0) is 9.53 Å². The van der Waals surface area contributed by atoms with Crippen LogP contribution in [0.15, 0.2) is 6.07 Å². The molecule has 8 heteroatoms. The minimum atomic E-state index is -1.59. The van der Waals surface area contributed by atoms with Crippen molar-refractivity contribution < 1.29 is 14.3 Å². The van der Waals surface area contributed by atoms with Gasteiger partial charge in [-0.2, -0.15) is 0 Å². The van der Waals surface area contributed by atoms with Crippen molar-refractivity contribution in [2.75, 3.05) is 25.5 Å². The lowest BCUT2D eigenvalue weighted by molar-refractivity contribution is -0.129. The predicted molar refractivity (Wildman–Crippen MR) is 102 cm³/mol. The molecule has 1 aliphatic heterocycles. The molecule has 0 radical (unpaired) electrons. The molecule has 0 saturated carbocycles. The van der Waals surface area contributed by atoms with E-state index in [1.165, 1.54) is 7.11 Å². The topological polar surface area (TPSA) is 84.4 Å². The normalized spacial score (nSPS) is 15.0. The van der Waals surface area contributed by atoms with Crippen LogP contribution in [0.4, 0.5) is 5.82 Å². The fraction of sp³-hybridized carbons (Fsp3) is 0.556. The summed E-state index contributed by atoms with van der Waals surface area (Å²) < 4.78 is 4.78. The number of aromatic nitrogens is 2. The first-order valence-electron chi connectivity index (χ1n) is 8.70. The Morgan fingerprint density at radius 2 is 1.92 bits per heavy atom. The molecule has 2 rings (SSSR count). The van der Waals surface area contributed by atoms with Crippen molar-refractivity contribution in [1.82, 2.24) is 14.9 Å². The van der Waals surface area contributed by atoms with Gasteiger partial charge in [0.2, 0.25) is 11.7 Å². The molecule has 1 amide bonds. The van der Waals surface area contributed by atoms with E-state index in [2.05, 4.69) is 46.4 Å². The van der Waals surface area contributed by atoms with Crippen LogP contribution < -0.4 is 5.32 Å². The van der Waals surface area contributed by atoms with Gasteiger partial charge < -0.3 is 15.0 Å². The Morgan fingerprint density at radius 1 is 1.27 bits per heavy atom. The van der Waals surface area contributed by atoms with Gasteiger partial charge in [-0.05, 0) is 18.8 Å². The van der Waals surface area contributed by atoms with Crippen LogP contribution in [0.3, 0.4) is 0 Å². The van der Waals surface area contributed by atoms with E-state index in [4.69, 9.17) is 4.74 Å². The van der Waals surface area contributed by atoms with E-state index >= 15 is 0 Å². The molecule has 1 saturated heterocycles. The van der Waals surface area contributed by atoms with Crippen molar-refractivity contribution in [2.45, 2.75) is 45.4 Å². The monoisotopic (exact) mass is 374 g/mol. The predicted octanol–water partition coefficient (Wildman–Crippen LogP) is 1.91. The van der Waals surface area contributed by atoms with E-state index in [1.54, 1.807) is 13.0 Å². The van der Waals surface area contributed by atoms with Crippen molar-refractivity contribution >= 4 is 25.8 Å². The fourth-order valence-electron chi connectivity index (χ4n) is 2.58. The molecule has 1 fully saturated rings. The zero-order valence-electron chi connectivity index (χ0n) is 16.0. The summed E-state index contributed by atoms with van der Waals surface area (Å²) in [6.45, 7) is 9.41. The number of amides is 1. The van der Waals surface area contributed by atoms with E-state index in [-0.39, 0.29) is 17.6 Å². The molecular formula is C18H26N4O3Si. The van der Waals surface area contributed by atoms with Crippen molar-refractivity contribution in [2.24, 2.45) is 0 Å². The summed E-state index contributed by atoms with van der Waals surface area (Å²) in [7, 11) is -0.264. The second kappa shape index (κ2) is 8.32. The van der Waals surface area contributed by atoms with Gasteiger partial charge in [-0.3, -0.25) is 4.79 Å². The summed E-state index contributed by atoms with van der Waals surface area (Å²) in [5.41, 5.74) is 3.40. The van der Waals surface area contributed by atoms with Crippen molar-refractivity contribution in [3.05, 3.63) is 17.6 Å². The number of anilines is 1. The second-order valence-electron chi connectivity index (χ2n) is 7.38. The Bertz CT molecular complexity index is 741. The molecular weight excluding hydrogens is 348 g/mol. The van der Waals surface area contributed by atoms with Gasteiger partial charge in [0.1, 0.15) is 13.9 Å². The Balaban J connectivity index is 2.20. The number of likely N-dealkylation sites (tertiary alicyclic amines) is 1. The van der Waals surface area contributed by atoms with Gasteiger partial charge >= 0.3 is 5.97 Å². The Labute approximate surface area is 155 Å². The number of esters is 1. The maximum absolute atomic E-state index is 11.9. The maximum Gasteiger partial charge on any atom is 0.356 e. The summed E-state index contributed by atoms with van der Waals surface area (Å²) >= 11 is 0. The molecule has 0 spiro atoms. The molecule has 0 atom stereocenters. The highest BCUT2D eigenvalue weighted by Gasteiger charge is 2.21. The van der Waals surface area contributed by atoms with Crippen molar-refractivity contribution in [3.8, 4) is 11.5 Å². The molecule has 1 aromatic heterocycles. The number of ether oxygens (including phenoxy) is 1. The standard InChI is InChI=1S/C18H26N4O3Si/c1-13(23)22-9-6-14(7-10-22)19-17-12-15(18(24)25-2)20-16(21-17)8-11-26(3,4)5/h12,14H,6-7,9-10H2,1-5H3,(H,19,20,21). The van der Waals surface area contributed by atoms with E-state index < -0.39 is 14.0 Å². The number of hydrogen-bond acceptors (Lipinski definition) is 6. The third-order valence-electron chi connectivity index (χ3n) is 3.96. The second-order valence-corrected chi connectivity index (χ2v) is 12.1. The lowest BCUT2D eigenvalue weighted by Gasteiger charge is -2.32. The Hall–Kier alpha value is -2.40. The molecule has 1 N–H and O–H groups in total. The zero-order valence-corrected chi connectivity index (χ0v) is 17.0. The number of carbonyl (C=O) groups excluding carboxylic acids is 2. The van der Waals surface area contributed by atoms with E-state index in [1.807, 2.05) is 4.90 Å². The third-order valence-corrected chi connectivity index (χ3v) is 4.84. The van der Waals surface area contributed by atoms with Crippen LogP contribution >= 0.6 is 0 Å². The first kappa shape index (κ1) is 19.9. The van der Waals surface area contributed by atoms with Gasteiger partial charge in [0.25, 0.3) is 0 Å². The highest BCUT2D eigenvalue weighted by Crippen LogP contribution is 2.16. The van der Waals surface area contributed by atoms with E-state index in [9.17, 15) is 9.59 Å². The maximum atomic E-state index is 11.9. The van der Waals surface area contributed by atoms with Gasteiger partial charge in [-0.25, -0.2) is 14.8 Å². The molecule has 2 heterocycles. The van der Waals surface area contributed by atoms with Crippen LogP contribution in [0, 0.1) is 11.5 Å². The summed E-state index contributed by atoms with van der Waals surface area (Å²) in [4.78, 5) is 33.8. The summed E-state index contributed by atoms with van der Waals surface area (Å²) in [6.07, 6.45) is 1.65. The summed E-state index contributed by atoms with van der Waals surface area (Å²) in [5.74, 6) is 3.45. The van der Waals surface area contributed by atoms with Crippen LogP contribution in [0.25, 0.3) is 0 Å².